The van der Waals surface area contributed by atoms with Gasteiger partial charge in [0.15, 0.2) is 0 Å². The van der Waals surface area contributed by atoms with Crippen molar-refractivity contribution in [2.75, 3.05) is 20.3 Å². The van der Waals surface area contributed by atoms with Crippen molar-refractivity contribution in [3.63, 3.8) is 0 Å². The van der Waals surface area contributed by atoms with Crippen LogP contribution in [0.2, 0.25) is 5.02 Å². The second-order valence-electron chi connectivity index (χ2n) is 5.75. The highest BCUT2D eigenvalue weighted by molar-refractivity contribution is 6.30. The Morgan fingerprint density at radius 2 is 1.50 bits per heavy atom. The van der Waals surface area contributed by atoms with E-state index in [1.54, 1.807) is 38.1 Å². The van der Waals surface area contributed by atoms with Crippen molar-refractivity contribution in [3.05, 3.63) is 34.9 Å². The summed E-state index contributed by atoms with van der Waals surface area (Å²) >= 11 is 5.93. The predicted molar refractivity (Wildman–Crippen MR) is 93.4 cm³/mol. The Hall–Kier alpha value is -2.12. The van der Waals surface area contributed by atoms with E-state index in [-0.39, 0.29) is 13.2 Å². The number of hydrogen-bond donors (Lipinski definition) is 1. The van der Waals surface area contributed by atoms with Gasteiger partial charge in [0.2, 0.25) is 0 Å². The standard InChI is InChI=1S/C18H22ClNO6/c1-4-25-16(21)12-13(17(22)26-5-2)15(18(23)24-3)20-14(12)10-6-8-11(19)9-7-10/h6-9,12-15,20H,4-5H2,1-3H3/t12-,13+,14-,15-/m1/s1. The lowest BCUT2D eigenvalue weighted by molar-refractivity contribution is -0.162. The fourth-order valence-corrected chi connectivity index (χ4v) is 3.30. The van der Waals surface area contributed by atoms with Crippen LogP contribution in [0.5, 0.6) is 0 Å². The number of halogens is 1. The monoisotopic (exact) mass is 383 g/mol. The van der Waals surface area contributed by atoms with Crippen LogP contribution in [0.15, 0.2) is 24.3 Å². The Morgan fingerprint density at radius 3 is 2.00 bits per heavy atom. The summed E-state index contributed by atoms with van der Waals surface area (Å²) in [4.78, 5) is 37.4. The van der Waals surface area contributed by atoms with Gasteiger partial charge in [0.05, 0.1) is 32.2 Å². The minimum atomic E-state index is -1.05. The van der Waals surface area contributed by atoms with Gasteiger partial charge in [-0.25, -0.2) is 0 Å². The summed E-state index contributed by atoms with van der Waals surface area (Å²) in [5.74, 6) is -3.86. The molecule has 0 unspecified atom stereocenters. The smallest absolute Gasteiger partial charge is 0.323 e. The highest BCUT2D eigenvalue weighted by Gasteiger charge is 2.55. The molecule has 2 rings (SSSR count). The summed E-state index contributed by atoms with van der Waals surface area (Å²) in [6.45, 7) is 3.61. The lowest BCUT2D eigenvalue weighted by Gasteiger charge is -2.22. The Kier molecular flexibility index (Phi) is 6.99. The summed E-state index contributed by atoms with van der Waals surface area (Å²) in [5.41, 5.74) is 0.702. The van der Waals surface area contributed by atoms with Crippen LogP contribution in [-0.2, 0) is 28.6 Å². The molecule has 0 spiro atoms. The van der Waals surface area contributed by atoms with Crippen LogP contribution in [-0.4, -0.2) is 44.3 Å². The molecule has 0 aliphatic carbocycles. The number of carbonyl (C=O) groups excluding carboxylic acids is 3. The molecule has 0 bridgehead atoms. The van der Waals surface area contributed by atoms with Gasteiger partial charge in [0.25, 0.3) is 0 Å². The average Bonchev–Trinajstić information content (AvgIpc) is 3.03. The van der Waals surface area contributed by atoms with E-state index in [9.17, 15) is 14.4 Å². The molecular weight excluding hydrogens is 362 g/mol. The Morgan fingerprint density at radius 1 is 0.962 bits per heavy atom. The van der Waals surface area contributed by atoms with E-state index in [1.807, 2.05) is 0 Å². The van der Waals surface area contributed by atoms with Gasteiger partial charge in [-0.3, -0.25) is 19.7 Å². The highest BCUT2D eigenvalue weighted by Crippen LogP contribution is 2.39. The number of esters is 3. The maximum Gasteiger partial charge on any atom is 0.323 e. The van der Waals surface area contributed by atoms with Gasteiger partial charge in [-0.1, -0.05) is 23.7 Å². The molecule has 7 nitrogen and oxygen atoms in total. The van der Waals surface area contributed by atoms with Crippen LogP contribution in [0.1, 0.15) is 25.5 Å². The third-order valence-corrected chi connectivity index (χ3v) is 4.52. The molecule has 1 N–H and O–H groups in total. The third-order valence-electron chi connectivity index (χ3n) is 4.27. The van der Waals surface area contributed by atoms with Crippen LogP contribution in [0.4, 0.5) is 0 Å². The Bertz CT molecular complexity index is 662. The van der Waals surface area contributed by atoms with Crippen molar-refractivity contribution in [2.24, 2.45) is 11.8 Å². The minimum absolute atomic E-state index is 0.129. The molecule has 26 heavy (non-hydrogen) atoms. The van der Waals surface area contributed by atoms with E-state index in [2.05, 4.69) is 5.32 Å². The molecule has 0 saturated carbocycles. The average molecular weight is 384 g/mol. The first-order valence-corrected chi connectivity index (χ1v) is 8.74. The van der Waals surface area contributed by atoms with E-state index in [0.717, 1.165) is 0 Å². The molecule has 1 saturated heterocycles. The number of carbonyl (C=O) groups is 3. The molecule has 0 aromatic heterocycles. The van der Waals surface area contributed by atoms with E-state index < -0.39 is 41.8 Å². The van der Waals surface area contributed by atoms with Crippen LogP contribution < -0.4 is 5.32 Å². The van der Waals surface area contributed by atoms with E-state index in [4.69, 9.17) is 25.8 Å². The van der Waals surface area contributed by atoms with E-state index in [1.165, 1.54) is 7.11 Å². The van der Waals surface area contributed by atoms with Crippen LogP contribution in [0, 0.1) is 11.8 Å². The van der Waals surface area contributed by atoms with E-state index in [0.29, 0.717) is 10.6 Å². The number of benzene rings is 1. The summed E-state index contributed by atoms with van der Waals surface area (Å²) < 4.78 is 15.1. The predicted octanol–water partition coefficient (Wildman–Crippen LogP) is 1.88. The van der Waals surface area contributed by atoms with Gasteiger partial charge in [-0.2, -0.15) is 0 Å². The van der Waals surface area contributed by atoms with Crippen molar-refractivity contribution in [3.8, 4) is 0 Å². The molecule has 1 heterocycles. The van der Waals surface area contributed by atoms with Gasteiger partial charge < -0.3 is 14.2 Å². The maximum atomic E-state index is 12.6. The normalized spacial score (nSPS) is 24.8. The van der Waals surface area contributed by atoms with Gasteiger partial charge >= 0.3 is 17.9 Å². The SMILES string of the molecule is CCOC(=O)[C@@H]1[C@H](C(=O)OCC)[C@H](C(=O)OC)N[C@@H]1c1ccc(Cl)cc1. The van der Waals surface area contributed by atoms with Crippen molar-refractivity contribution >= 4 is 29.5 Å². The Balaban J connectivity index is 2.47. The maximum absolute atomic E-state index is 12.6. The largest absolute Gasteiger partial charge is 0.468 e. The molecule has 1 aromatic rings. The quantitative estimate of drug-likeness (QED) is 0.592. The van der Waals surface area contributed by atoms with Gasteiger partial charge in [-0.15, -0.1) is 0 Å². The first-order valence-electron chi connectivity index (χ1n) is 8.37. The zero-order valence-corrected chi connectivity index (χ0v) is 15.6. The molecule has 8 heteroatoms. The van der Waals surface area contributed by atoms with Crippen LogP contribution in [0.3, 0.4) is 0 Å². The fourth-order valence-electron chi connectivity index (χ4n) is 3.17. The molecule has 1 aliphatic heterocycles. The second kappa shape index (κ2) is 9.00. The van der Waals surface area contributed by atoms with Gasteiger partial charge in [0, 0.05) is 11.1 Å². The van der Waals surface area contributed by atoms with Crippen molar-refractivity contribution in [1.82, 2.24) is 5.32 Å². The number of nitrogens with one attached hydrogen (secondary N) is 1. The highest BCUT2D eigenvalue weighted by atomic mass is 35.5. The molecule has 1 fully saturated rings. The van der Waals surface area contributed by atoms with Crippen molar-refractivity contribution in [2.45, 2.75) is 25.9 Å². The summed E-state index contributed by atoms with van der Waals surface area (Å²) in [6, 6.07) is 5.17. The lowest BCUT2D eigenvalue weighted by atomic mass is 9.84. The summed E-state index contributed by atoms with van der Waals surface area (Å²) in [6.07, 6.45) is 0. The number of hydrogen-bond acceptors (Lipinski definition) is 7. The molecule has 1 aromatic carbocycles. The minimum Gasteiger partial charge on any atom is -0.468 e. The molecule has 0 amide bonds. The van der Waals surface area contributed by atoms with Gasteiger partial charge in [-0.05, 0) is 31.5 Å². The summed E-state index contributed by atoms with van der Waals surface area (Å²) in [7, 11) is 1.22. The van der Waals surface area contributed by atoms with Crippen molar-refractivity contribution in [1.29, 1.82) is 0 Å². The Labute approximate surface area is 156 Å². The second-order valence-corrected chi connectivity index (χ2v) is 6.19. The van der Waals surface area contributed by atoms with Crippen molar-refractivity contribution < 1.29 is 28.6 Å². The fraction of sp³-hybridized carbons (Fsp3) is 0.500. The van der Waals surface area contributed by atoms with Crippen LogP contribution in [0.25, 0.3) is 0 Å². The first-order chi connectivity index (χ1) is 12.4. The number of methoxy groups -OCH3 is 1. The zero-order chi connectivity index (χ0) is 19.3. The zero-order valence-electron chi connectivity index (χ0n) is 14.9. The summed E-state index contributed by atoms with van der Waals surface area (Å²) in [5, 5.41) is 3.57. The lowest BCUT2D eigenvalue weighted by Crippen LogP contribution is -2.42. The third kappa shape index (κ3) is 4.16. The van der Waals surface area contributed by atoms with Gasteiger partial charge in [0.1, 0.15) is 6.04 Å². The first kappa shape index (κ1) is 20.2. The topological polar surface area (TPSA) is 90.9 Å². The molecule has 142 valence electrons. The number of rotatable bonds is 6. The molecule has 1 aliphatic rings. The molecule has 4 atom stereocenters. The number of ether oxygens (including phenoxy) is 3. The molecular formula is C18H22ClNO6. The molecule has 0 radical (unpaired) electrons. The van der Waals surface area contributed by atoms with Crippen LogP contribution >= 0.6 is 11.6 Å². The van der Waals surface area contributed by atoms with E-state index >= 15 is 0 Å².